The van der Waals surface area contributed by atoms with Crippen LogP contribution in [-0.4, -0.2) is 28.4 Å². The van der Waals surface area contributed by atoms with Crippen LogP contribution < -0.4 is 10.6 Å². The van der Waals surface area contributed by atoms with E-state index >= 15 is 0 Å². The smallest absolute Gasteiger partial charge is 0.326 e. The van der Waals surface area contributed by atoms with Crippen LogP contribution >= 0.6 is 0 Å². The summed E-state index contributed by atoms with van der Waals surface area (Å²) in [6.07, 6.45) is -3.33. The second-order valence-electron chi connectivity index (χ2n) is 5.57. The number of rotatable bonds is 3. The highest BCUT2D eigenvalue weighted by Crippen LogP contribution is 2.30. The predicted octanol–water partition coefficient (Wildman–Crippen LogP) is 2.97. The maximum Gasteiger partial charge on any atom is 0.408 e. The molecule has 0 aliphatic heterocycles. The summed E-state index contributed by atoms with van der Waals surface area (Å²) in [5, 5.41) is 11.2. The zero-order chi connectivity index (χ0) is 15.4. The largest absolute Gasteiger partial charge is 0.408 e. The second-order valence-corrected chi connectivity index (χ2v) is 5.57. The average Bonchev–Trinajstić information content (AvgIpc) is 2.26. The molecular weight excluding hydrogens is 273 g/mol. The minimum Gasteiger partial charge on any atom is -0.326 e. The van der Waals surface area contributed by atoms with Crippen molar-refractivity contribution in [3.05, 3.63) is 18.3 Å². The van der Waals surface area contributed by atoms with Gasteiger partial charge in [0.2, 0.25) is 0 Å². The van der Waals surface area contributed by atoms with Crippen molar-refractivity contribution >= 4 is 11.8 Å². The van der Waals surface area contributed by atoms with Crippen LogP contribution in [0.15, 0.2) is 18.3 Å². The maximum absolute atomic E-state index is 12.9. The first-order chi connectivity index (χ1) is 9.08. The number of hydrogen-bond acceptors (Lipinski definition) is 3. The molecule has 1 atom stereocenters. The van der Waals surface area contributed by atoms with Crippen LogP contribution in [-0.2, 0) is 0 Å². The van der Waals surface area contributed by atoms with Gasteiger partial charge in [-0.2, -0.15) is 18.3 Å². The van der Waals surface area contributed by atoms with Gasteiger partial charge in [0.25, 0.3) is 0 Å². The van der Waals surface area contributed by atoms with Crippen molar-refractivity contribution in [1.29, 1.82) is 0 Å². The number of nitrogens with zero attached hydrogens (tertiary/aromatic N) is 2. The third-order valence-electron chi connectivity index (χ3n) is 2.33. The summed E-state index contributed by atoms with van der Waals surface area (Å²) in [5.41, 5.74) is -0.569. The molecule has 112 valence electrons. The zero-order valence-electron chi connectivity index (χ0n) is 11.5. The van der Waals surface area contributed by atoms with Crippen molar-refractivity contribution in [1.82, 2.24) is 15.5 Å². The molecule has 1 unspecified atom stereocenters. The number of alkyl halides is 3. The molecule has 0 aromatic carbocycles. The molecule has 1 aromatic rings. The van der Waals surface area contributed by atoms with Gasteiger partial charge < -0.3 is 5.32 Å². The quantitative estimate of drug-likeness (QED) is 0.899. The highest BCUT2D eigenvalue weighted by atomic mass is 19.4. The molecule has 2 N–H and O–H groups in total. The summed E-state index contributed by atoms with van der Waals surface area (Å²) in [6.45, 7) is 5.02. The fourth-order valence-corrected chi connectivity index (χ4v) is 1.54. The second kappa shape index (κ2) is 6.06. The number of halogens is 3. The summed E-state index contributed by atoms with van der Waals surface area (Å²) >= 11 is 0. The average molecular weight is 290 g/mol. The number of amides is 2. The van der Waals surface area contributed by atoms with E-state index in [9.17, 15) is 18.0 Å². The van der Waals surface area contributed by atoms with E-state index in [-0.39, 0.29) is 12.2 Å². The van der Waals surface area contributed by atoms with Gasteiger partial charge in [0, 0.05) is 6.20 Å². The number of hydrogen-bond donors (Lipinski definition) is 2. The van der Waals surface area contributed by atoms with Crippen LogP contribution in [0.4, 0.5) is 23.8 Å². The molecule has 1 heterocycles. The SMILES string of the molecule is CC(C)(C)CC(NC(=O)Nc1cccnn1)C(F)(F)F. The molecular formula is C12H17F3N4O. The van der Waals surface area contributed by atoms with Gasteiger partial charge >= 0.3 is 12.2 Å². The lowest BCUT2D eigenvalue weighted by molar-refractivity contribution is -0.158. The third-order valence-corrected chi connectivity index (χ3v) is 2.33. The van der Waals surface area contributed by atoms with Crippen LogP contribution in [0.25, 0.3) is 0 Å². The topological polar surface area (TPSA) is 66.9 Å². The Hall–Kier alpha value is -1.86. The molecule has 5 nitrogen and oxygen atoms in total. The Morgan fingerprint density at radius 1 is 1.35 bits per heavy atom. The predicted molar refractivity (Wildman–Crippen MR) is 68.1 cm³/mol. The lowest BCUT2D eigenvalue weighted by Crippen LogP contribution is -2.48. The van der Waals surface area contributed by atoms with Gasteiger partial charge in [-0.05, 0) is 24.0 Å². The number of carbonyl (C=O) groups excluding carboxylic acids is 1. The number of anilines is 1. The Labute approximate surface area is 115 Å². The Morgan fingerprint density at radius 3 is 2.45 bits per heavy atom. The van der Waals surface area contributed by atoms with Crippen LogP contribution in [0.1, 0.15) is 27.2 Å². The van der Waals surface area contributed by atoms with Gasteiger partial charge in [-0.1, -0.05) is 20.8 Å². The van der Waals surface area contributed by atoms with E-state index in [1.165, 1.54) is 18.3 Å². The number of nitrogens with one attached hydrogen (secondary N) is 2. The molecule has 0 spiro atoms. The van der Waals surface area contributed by atoms with E-state index in [0.29, 0.717) is 0 Å². The van der Waals surface area contributed by atoms with Gasteiger partial charge in [-0.15, -0.1) is 5.10 Å². The third kappa shape index (κ3) is 5.85. The molecule has 0 saturated heterocycles. The van der Waals surface area contributed by atoms with E-state index in [1.807, 2.05) is 5.32 Å². The normalized spacial score (nSPS) is 13.7. The summed E-state index contributed by atoms with van der Waals surface area (Å²) in [4.78, 5) is 11.6. The molecule has 0 saturated carbocycles. The minimum absolute atomic E-state index is 0.0849. The summed E-state index contributed by atoms with van der Waals surface area (Å²) in [7, 11) is 0. The van der Waals surface area contributed by atoms with Crippen LogP contribution in [0.3, 0.4) is 0 Å². The van der Waals surface area contributed by atoms with Gasteiger partial charge in [-0.3, -0.25) is 5.32 Å². The van der Waals surface area contributed by atoms with Crippen molar-refractivity contribution < 1.29 is 18.0 Å². The summed E-state index contributed by atoms with van der Waals surface area (Å²) in [6, 6.07) is 0.0639. The Morgan fingerprint density at radius 2 is 2.00 bits per heavy atom. The van der Waals surface area contributed by atoms with E-state index < -0.39 is 23.7 Å². The first kappa shape index (κ1) is 16.2. The first-order valence-corrected chi connectivity index (χ1v) is 6.00. The van der Waals surface area contributed by atoms with Crippen LogP contribution in [0, 0.1) is 5.41 Å². The van der Waals surface area contributed by atoms with Crippen molar-refractivity contribution in [3.63, 3.8) is 0 Å². The highest BCUT2D eigenvalue weighted by Gasteiger charge is 2.42. The van der Waals surface area contributed by atoms with Crippen LogP contribution in [0.5, 0.6) is 0 Å². The van der Waals surface area contributed by atoms with Gasteiger partial charge in [-0.25, -0.2) is 4.79 Å². The molecule has 0 fully saturated rings. The van der Waals surface area contributed by atoms with E-state index in [1.54, 1.807) is 20.8 Å². The standard InChI is InChI=1S/C12H17F3N4O/c1-11(2,3)7-8(12(13,14)15)17-10(20)18-9-5-4-6-16-19-9/h4-6,8H,7H2,1-3H3,(H2,17,18,19,20). The summed E-state index contributed by atoms with van der Waals surface area (Å²) < 4.78 is 38.6. The van der Waals surface area contributed by atoms with E-state index in [4.69, 9.17) is 0 Å². The molecule has 8 heteroatoms. The Bertz CT molecular complexity index is 442. The van der Waals surface area contributed by atoms with Crippen molar-refractivity contribution in [2.24, 2.45) is 5.41 Å². The van der Waals surface area contributed by atoms with Crippen molar-refractivity contribution in [2.75, 3.05) is 5.32 Å². The van der Waals surface area contributed by atoms with Crippen molar-refractivity contribution in [3.8, 4) is 0 Å². The fraction of sp³-hybridized carbons (Fsp3) is 0.583. The summed E-state index contributed by atoms with van der Waals surface area (Å²) in [5.74, 6) is 0.0849. The molecule has 0 radical (unpaired) electrons. The number of aromatic nitrogens is 2. The number of carbonyl (C=O) groups is 1. The Kier molecular flexibility index (Phi) is 4.91. The zero-order valence-corrected chi connectivity index (χ0v) is 11.5. The van der Waals surface area contributed by atoms with Crippen molar-refractivity contribution in [2.45, 2.75) is 39.4 Å². The fourth-order valence-electron chi connectivity index (χ4n) is 1.54. The highest BCUT2D eigenvalue weighted by molar-refractivity contribution is 5.88. The molecule has 1 rings (SSSR count). The minimum atomic E-state index is -4.51. The number of urea groups is 1. The monoisotopic (exact) mass is 290 g/mol. The molecule has 2 amide bonds. The van der Waals surface area contributed by atoms with E-state index in [0.717, 1.165) is 0 Å². The molecule has 0 aliphatic rings. The molecule has 1 aromatic heterocycles. The lowest BCUT2D eigenvalue weighted by atomic mass is 9.88. The first-order valence-electron chi connectivity index (χ1n) is 6.00. The maximum atomic E-state index is 12.9. The molecule has 0 aliphatic carbocycles. The molecule has 0 bridgehead atoms. The lowest BCUT2D eigenvalue weighted by Gasteiger charge is -2.28. The molecule has 20 heavy (non-hydrogen) atoms. The van der Waals surface area contributed by atoms with Crippen LogP contribution in [0.2, 0.25) is 0 Å². The van der Waals surface area contributed by atoms with Gasteiger partial charge in [0.15, 0.2) is 5.82 Å². The van der Waals surface area contributed by atoms with Gasteiger partial charge in [0.05, 0.1) is 0 Å². The van der Waals surface area contributed by atoms with E-state index in [2.05, 4.69) is 15.5 Å². The van der Waals surface area contributed by atoms with Gasteiger partial charge in [0.1, 0.15) is 6.04 Å². The Balaban J connectivity index is 2.68.